The molecule has 0 atom stereocenters. The van der Waals surface area contributed by atoms with Crippen LogP contribution in [0.3, 0.4) is 0 Å². The van der Waals surface area contributed by atoms with Crippen molar-refractivity contribution < 1.29 is 8.42 Å². The van der Waals surface area contributed by atoms with Gasteiger partial charge in [-0.2, -0.15) is 9.57 Å². The minimum absolute atomic E-state index is 0.000836. The van der Waals surface area contributed by atoms with Gasteiger partial charge in [-0.25, -0.2) is 18.4 Å². The number of hydrogen-bond acceptors (Lipinski definition) is 6. The van der Waals surface area contributed by atoms with Crippen LogP contribution < -0.4 is 5.73 Å². The zero-order chi connectivity index (χ0) is 13.2. The van der Waals surface area contributed by atoms with Crippen molar-refractivity contribution in [3.63, 3.8) is 0 Å². The highest BCUT2D eigenvalue weighted by Gasteiger charge is 2.37. The predicted octanol–water partition coefficient (Wildman–Crippen LogP) is 0.126. The molecule has 1 aliphatic rings. The normalized spacial score (nSPS) is 15.6. The molecule has 0 spiro atoms. The second-order valence-corrected chi connectivity index (χ2v) is 5.92. The SMILES string of the molecule is N#CCCN(C1CC1)S(=O)(=O)c1cnc(N)nc1. The number of sulfonamides is 1. The molecular formula is C10H13N5O2S. The zero-order valence-corrected chi connectivity index (χ0v) is 10.5. The van der Waals surface area contributed by atoms with Crippen molar-refractivity contribution in [2.45, 2.75) is 30.2 Å². The minimum atomic E-state index is -3.63. The van der Waals surface area contributed by atoms with Crippen molar-refractivity contribution in [3.05, 3.63) is 12.4 Å². The largest absolute Gasteiger partial charge is 0.368 e. The van der Waals surface area contributed by atoms with Crippen LogP contribution in [0.5, 0.6) is 0 Å². The first-order valence-corrected chi connectivity index (χ1v) is 6.96. The number of anilines is 1. The third kappa shape index (κ3) is 2.57. The van der Waals surface area contributed by atoms with E-state index in [0.29, 0.717) is 0 Å². The molecule has 0 aromatic carbocycles. The molecule has 96 valence electrons. The van der Waals surface area contributed by atoms with Crippen LogP contribution in [-0.2, 0) is 10.0 Å². The van der Waals surface area contributed by atoms with Crippen LogP contribution in [0.2, 0.25) is 0 Å². The van der Waals surface area contributed by atoms with E-state index in [1.807, 2.05) is 6.07 Å². The molecule has 1 aromatic heterocycles. The van der Waals surface area contributed by atoms with Crippen LogP contribution in [0, 0.1) is 11.3 Å². The van der Waals surface area contributed by atoms with Crippen molar-refractivity contribution in [2.24, 2.45) is 0 Å². The van der Waals surface area contributed by atoms with Crippen molar-refractivity contribution in [1.29, 1.82) is 5.26 Å². The third-order valence-electron chi connectivity index (χ3n) is 2.65. The second-order valence-electron chi connectivity index (χ2n) is 4.03. The van der Waals surface area contributed by atoms with Gasteiger partial charge in [-0.1, -0.05) is 0 Å². The summed E-state index contributed by atoms with van der Waals surface area (Å²) in [7, 11) is -3.63. The lowest BCUT2D eigenvalue weighted by Crippen LogP contribution is -2.34. The molecule has 0 saturated heterocycles. The van der Waals surface area contributed by atoms with Crippen LogP contribution >= 0.6 is 0 Å². The van der Waals surface area contributed by atoms with Gasteiger partial charge in [0.15, 0.2) is 0 Å². The first-order chi connectivity index (χ1) is 8.55. The van der Waals surface area contributed by atoms with E-state index >= 15 is 0 Å². The predicted molar refractivity (Wildman–Crippen MR) is 63.6 cm³/mol. The third-order valence-corrected chi connectivity index (χ3v) is 4.56. The van der Waals surface area contributed by atoms with Gasteiger partial charge in [0.1, 0.15) is 4.90 Å². The van der Waals surface area contributed by atoms with Crippen LogP contribution in [0.4, 0.5) is 5.95 Å². The van der Waals surface area contributed by atoms with E-state index in [1.165, 1.54) is 16.7 Å². The fourth-order valence-electron chi connectivity index (χ4n) is 1.62. The lowest BCUT2D eigenvalue weighted by atomic mass is 10.4. The van der Waals surface area contributed by atoms with E-state index in [1.54, 1.807) is 0 Å². The summed E-state index contributed by atoms with van der Waals surface area (Å²) in [5.74, 6) is 0.0314. The minimum Gasteiger partial charge on any atom is -0.368 e. The van der Waals surface area contributed by atoms with Gasteiger partial charge in [0.05, 0.1) is 18.5 Å². The maximum absolute atomic E-state index is 12.3. The smallest absolute Gasteiger partial charge is 0.246 e. The molecule has 18 heavy (non-hydrogen) atoms. The number of nitriles is 1. The summed E-state index contributed by atoms with van der Waals surface area (Å²) < 4.78 is 26.0. The van der Waals surface area contributed by atoms with Crippen LogP contribution in [0.15, 0.2) is 17.3 Å². The van der Waals surface area contributed by atoms with Gasteiger partial charge in [0.2, 0.25) is 16.0 Å². The lowest BCUT2D eigenvalue weighted by Gasteiger charge is -2.20. The Labute approximate surface area is 105 Å². The summed E-state index contributed by atoms with van der Waals surface area (Å²) in [5.41, 5.74) is 5.32. The topological polar surface area (TPSA) is 113 Å². The molecule has 1 fully saturated rings. The van der Waals surface area contributed by atoms with Crippen LogP contribution in [0.1, 0.15) is 19.3 Å². The van der Waals surface area contributed by atoms with E-state index in [-0.39, 0.29) is 29.9 Å². The van der Waals surface area contributed by atoms with E-state index in [9.17, 15) is 8.42 Å². The summed E-state index contributed by atoms with van der Waals surface area (Å²) in [5, 5.41) is 8.58. The molecule has 2 rings (SSSR count). The summed E-state index contributed by atoms with van der Waals surface area (Å²) in [6.07, 6.45) is 4.23. The number of hydrogen-bond donors (Lipinski definition) is 1. The molecule has 7 nitrogen and oxygen atoms in total. The summed E-state index contributed by atoms with van der Waals surface area (Å²) >= 11 is 0. The van der Waals surface area contributed by atoms with Gasteiger partial charge >= 0.3 is 0 Å². The van der Waals surface area contributed by atoms with Crippen molar-refractivity contribution in [1.82, 2.24) is 14.3 Å². The Morgan fingerprint density at radius 1 is 1.44 bits per heavy atom. The first kappa shape index (κ1) is 12.7. The summed E-state index contributed by atoms with van der Waals surface area (Å²) in [4.78, 5) is 7.38. The van der Waals surface area contributed by atoms with Gasteiger partial charge in [-0.15, -0.1) is 0 Å². The maximum Gasteiger partial charge on any atom is 0.246 e. The fourth-order valence-corrected chi connectivity index (χ4v) is 3.19. The standard InChI is InChI=1S/C10H13N5O2S/c11-4-1-5-15(8-2-3-8)18(16,17)9-6-13-10(12)14-7-9/h6-8H,1-3,5H2,(H2,12,13,14). The Morgan fingerprint density at radius 2 is 2.06 bits per heavy atom. The Kier molecular flexibility index (Phi) is 3.45. The summed E-state index contributed by atoms with van der Waals surface area (Å²) in [6, 6.07) is 1.96. The highest BCUT2D eigenvalue weighted by Crippen LogP contribution is 2.31. The van der Waals surface area contributed by atoms with E-state index in [0.717, 1.165) is 12.8 Å². The number of aromatic nitrogens is 2. The Balaban J connectivity index is 2.27. The molecule has 0 amide bonds. The van der Waals surface area contributed by atoms with Crippen molar-refractivity contribution in [2.75, 3.05) is 12.3 Å². The molecule has 1 aromatic rings. The second kappa shape index (κ2) is 4.88. The quantitative estimate of drug-likeness (QED) is 0.811. The molecule has 1 saturated carbocycles. The first-order valence-electron chi connectivity index (χ1n) is 5.52. The highest BCUT2D eigenvalue weighted by molar-refractivity contribution is 7.89. The number of nitrogen functional groups attached to an aromatic ring is 1. The fraction of sp³-hybridized carbons (Fsp3) is 0.500. The molecule has 0 radical (unpaired) electrons. The average Bonchev–Trinajstić information content (AvgIpc) is 3.14. The number of nitrogens with two attached hydrogens (primary N) is 1. The highest BCUT2D eigenvalue weighted by atomic mass is 32.2. The Hall–Kier alpha value is -1.72. The molecule has 1 heterocycles. The number of nitrogens with zero attached hydrogens (tertiary/aromatic N) is 4. The molecule has 0 aliphatic heterocycles. The van der Waals surface area contributed by atoms with Gasteiger partial charge < -0.3 is 5.73 Å². The molecule has 0 bridgehead atoms. The molecular weight excluding hydrogens is 254 g/mol. The van der Waals surface area contributed by atoms with Crippen LogP contribution in [0.25, 0.3) is 0 Å². The summed E-state index contributed by atoms with van der Waals surface area (Å²) in [6.45, 7) is 0.202. The van der Waals surface area contributed by atoms with Gasteiger partial charge in [0, 0.05) is 19.0 Å². The molecule has 8 heteroatoms. The number of rotatable bonds is 5. The average molecular weight is 267 g/mol. The molecule has 0 unspecified atom stereocenters. The van der Waals surface area contributed by atoms with Gasteiger partial charge in [0.25, 0.3) is 0 Å². The Morgan fingerprint density at radius 3 is 2.56 bits per heavy atom. The molecule has 2 N–H and O–H groups in total. The zero-order valence-electron chi connectivity index (χ0n) is 9.65. The van der Waals surface area contributed by atoms with Crippen molar-refractivity contribution >= 4 is 16.0 Å². The van der Waals surface area contributed by atoms with E-state index in [4.69, 9.17) is 11.0 Å². The van der Waals surface area contributed by atoms with Crippen molar-refractivity contribution in [3.8, 4) is 6.07 Å². The van der Waals surface area contributed by atoms with Crippen LogP contribution in [-0.4, -0.2) is 35.3 Å². The molecule has 1 aliphatic carbocycles. The van der Waals surface area contributed by atoms with Gasteiger partial charge in [-0.3, -0.25) is 0 Å². The van der Waals surface area contributed by atoms with Gasteiger partial charge in [-0.05, 0) is 12.8 Å². The Bertz CT molecular complexity index is 559. The maximum atomic E-state index is 12.3. The van der Waals surface area contributed by atoms with E-state index in [2.05, 4.69) is 9.97 Å². The monoisotopic (exact) mass is 267 g/mol. The van der Waals surface area contributed by atoms with E-state index < -0.39 is 10.0 Å². The lowest BCUT2D eigenvalue weighted by molar-refractivity contribution is 0.410.